The van der Waals surface area contributed by atoms with Gasteiger partial charge in [0, 0.05) is 23.7 Å². The first-order valence-electron chi connectivity index (χ1n) is 9.45. The summed E-state index contributed by atoms with van der Waals surface area (Å²) in [6.45, 7) is 0.489. The summed E-state index contributed by atoms with van der Waals surface area (Å²) in [6, 6.07) is 12.0. The Morgan fingerprint density at radius 2 is 1.97 bits per heavy atom. The highest BCUT2D eigenvalue weighted by Crippen LogP contribution is 2.21. The molecule has 8 nitrogen and oxygen atoms in total. The Bertz CT molecular complexity index is 828. The number of nitrogens with zero attached hydrogens (tertiary/aromatic N) is 2. The lowest BCUT2D eigenvalue weighted by atomic mass is 10.2. The molecule has 0 saturated carbocycles. The van der Waals surface area contributed by atoms with Gasteiger partial charge in [-0.1, -0.05) is 24.3 Å². The lowest BCUT2D eigenvalue weighted by molar-refractivity contribution is -0.129. The number of nitrogens with one attached hydrogen (secondary N) is 2. The Hall–Kier alpha value is -2.91. The molecule has 1 fully saturated rings. The fourth-order valence-electron chi connectivity index (χ4n) is 3.35. The molecule has 0 unspecified atom stereocenters. The van der Waals surface area contributed by atoms with Crippen LogP contribution in [0.5, 0.6) is 0 Å². The van der Waals surface area contributed by atoms with Gasteiger partial charge in [0.05, 0.1) is 0 Å². The summed E-state index contributed by atoms with van der Waals surface area (Å²) in [7, 11) is 0. The Morgan fingerprint density at radius 3 is 2.66 bits per heavy atom. The van der Waals surface area contributed by atoms with Crippen molar-refractivity contribution in [1.82, 2.24) is 15.3 Å². The van der Waals surface area contributed by atoms with Gasteiger partial charge in [0.15, 0.2) is 0 Å². The normalized spacial score (nSPS) is 15.8. The second-order valence-electron chi connectivity index (χ2n) is 6.78. The van der Waals surface area contributed by atoms with Crippen LogP contribution in [0.15, 0.2) is 47.8 Å². The molecule has 1 aliphatic heterocycles. The van der Waals surface area contributed by atoms with Crippen molar-refractivity contribution in [3.05, 3.63) is 52.7 Å². The van der Waals surface area contributed by atoms with E-state index in [0.717, 1.165) is 4.88 Å². The smallest absolute Gasteiger partial charge is 0.321 e. The monoisotopic (exact) mass is 416 g/mol. The topological polar surface area (TPSA) is 102 Å². The van der Waals surface area contributed by atoms with Gasteiger partial charge in [-0.2, -0.15) is 0 Å². The molecule has 9 heteroatoms. The third-order valence-electron chi connectivity index (χ3n) is 4.78. The van der Waals surface area contributed by atoms with Crippen molar-refractivity contribution in [2.75, 3.05) is 25.0 Å². The number of benzene rings is 1. The van der Waals surface area contributed by atoms with Crippen molar-refractivity contribution >= 4 is 34.9 Å². The fourth-order valence-corrected chi connectivity index (χ4v) is 4.05. The number of likely N-dealkylation sites (tertiary alicyclic amines) is 1. The maximum Gasteiger partial charge on any atom is 0.321 e. The van der Waals surface area contributed by atoms with E-state index in [1.165, 1.54) is 9.80 Å². The average molecular weight is 417 g/mol. The molecular weight excluding hydrogens is 392 g/mol. The van der Waals surface area contributed by atoms with Crippen LogP contribution < -0.4 is 10.8 Å². The molecule has 2 aromatic rings. The highest BCUT2D eigenvalue weighted by Gasteiger charge is 2.36. The highest BCUT2D eigenvalue weighted by atomic mass is 32.1. The van der Waals surface area contributed by atoms with Crippen LogP contribution in [0.1, 0.15) is 17.7 Å². The van der Waals surface area contributed by atoms with Gasteiger partial charge in [0.25, 0.3) is 5.91 Å². The van der Waals surface area contributed by atoms with Crippen molar-refractivity contribution < 1.29 is 19.6 Å². The largest absolute Gasteiger partial charge is 0.324 e. The van der Waals surface area contributed by atoms with E-state index in [0.29, 0.717) is 38.0 Å². The number of thiophene rings is 1. The van der Waals surface area contributed by atoms with E-state index in [1.807, 2.05) is 35.7 Å². The van der Waals surface area contributed by atoms with Crippen molar-refractivity contribution in [3.8, 4) is 0 Å². The second-order valence-corrected chi connectivity index (χ2v) is 7.81. The Labute approximate surface area is 173 Å². The zero-order chi connectivity index (χ0) is 20.6. The summed E-state index contributed by atoms with van der Waals surface area (Å²) in [5.41, 5.74) is 2.24. The molecule has 0 bridgehead atoms. The van der Waals surface area contributed by atoms with Gasteiger partial charge < -0.3 is 15.1 Å². The number of rotatable bonds is 7. The van der Waals surface area contributed by atoms with E-state index >= 15 is 0 Å². The first kappa shape index (κ1) is 20.8. The lowest BCUT2D eigenvalue weighted by Crippen LogP contribution is -2.52. The number of amides is 4. The minimum atomic E-state index is -0.672. The summed E-state index contributed by atoms with van der Waals surface area (Å²) in [5.74, 6) is -0.916. The molecule has 1 saturated heterocycles. The number of hydrogen-bond acceptors (Lipinski definition) is 5. The standard InChI is InChI=1S/C20H24N4O4S/c25-18(22-28)14-23(12-10-16-8-5-13-29-16)20(27)24-11-4-9-17(24)19(26)21-15-6-2-1-3-7-15/h1-3,5-8,13,17,28H,4,9-12,14H2,(H,21,26)(H,22,25)/t17-/m0/s1. The third kappa shape index (κ3) is 5.55. The second kappa shape index (κ2) is 10.0. The van der Waals surface area contributed by atoms with Crippen LogP contribution in [-0.2, 0) is 16.0 Å². The van der Waals surface area contributed by atoms with Gasteiger partial charge in [-0.05, 0) is 42.8 Å². The van der Waals surface area contributed by atoms with Crippen molar-refractivity contribution in [2.45, 2.75) is 25.3 Å². The molecule has 0 radical (unpaired) electrons. The predicted molar refractivity (Wildman–Crippen MR) is 110 cm³/mol. The SMILES string of the molecule is O=C(CN(CCc1cccs1)C(=O)N1CCC[C@H]1C(=O)Nc1ccccc1)NO. The van der Waals surface area contributed by atoms with Gasteiger partial charge in [-0.25, -0.2) is 10.3 Å². The summed E-state index contributed by atoms with van der Waals surface area (Å²) in [5, 5.41) is 13.7. The summed E-state index contributed by atoms with van der Waals surface area (Å²) >= 11 is 1.57. The molecule has 29 heavy (non-hydrogen) atoms. The van der Waals surface area contributed by atoms with Crippen LogP contribution in [0.2, 0.25) is 0 Å². The third-order valence-corrected chi connectivity index (χ3v) is 5.72. The Morgan fingerprint density at radius 1 is 1.17 bits per heavy atom. The molecule has 3 rings (SSSR count). The molecule has 3 N–H and O–H groups in total. The first-order valence-corrected chi connectivity index (χ1v) is 10.3. The summed E-state index contributed by atoms with van der Waals surface area (Å²) in [6.07, 6.45) is 1.87. The van der Waals surface area contributed by atoms with Crippen LogP contribution >= 0.6 is 11.3 Å². The summed E-state index contributed by atoms with van der Waals surface area (Å²) < 4.78 is 0. The number of urea groups is 1. The number of carbonyl (C=O) groups excluding carboxylic acids is 3. The number of hydroxylamine groups is 1. The van der Waals surface area contributed by atoms with Crippen molar-refractivity contribution in [2.24, 2.45) is 0 Å². The fraction of sp³-hybridized carbons (Fsp3) is 0.350. The molecular formula is C20H24N4O4S. The van der Waals surface area contributed by atoms with E-state index in [2.05, 4.69) is 5.32 Å². The zero-order valence-electron chi connectivity index (χ0n) is 15.9. The first-order chi connectivity index (χ1) is 14.1. The maximum absolute atomic E-state index is 13.1. The Kier molecular flexibility index (Phi) is 7.20. The Balaban J connectivity index is 1.68. The number of hydrogen-bond donors (Lipinski definition) is 3. The highest BCUT2D eigenvalue weighted by molar-refractivity contribution is 7.09. The molecule has 0 aliphatic carbocycles. The minimum absolute atomic E-state index is 0.244. The van der Waals surface area contributed by atoms with Gasteiger partial charge in [-0.3, -0.25) is 14.8 Å². The van der Waals surface area contributed by atoms with Crippen LogP contribution in [0.3, 0.4) is 0 Å². The molecule has 1 aromatic heterocycles. The van der Waals surface area contributed by atoms with Gasteiger partial charge in [0.1, 0.15) is 12.6 Å². The van der Waals surface area contributed by atoms with E-state index in [9.17, 15) is 14.4 Å². The lowest BCUT2D eigenvalue weighted by Gasteiger charge is -2.30. The number of para-hydroxylation sites is 1. The van der Waals surface area contributed by atoms with E-state index in [-0.39, 0.29) is 18.5 Å². The van der Waals surface area contributed by atoms with E-state index in [1.54, 1.807) is 28.9 Å². The predicted octanol–water partition coefficient (Wildman–Crippen LogP) is 2.32. The minimum Gasteiger partial charge on any atom is -0.324 e. The molecule has 2 heterocycles. The molecule has 154 valence electrons. The van der Waals surface area contributed by atoms with Crippen LogP contribution in [0.25, 0.3) is 0 Å². The number of anilines is 1. The maximum atomic E-state index is 13.1. The van der Waals surface area contributed by atoms with Crippen LogP contribution in [0.4, 0.5) is 10.5 Å². The molecule has 0 spiro atoms. The van der Waals surface area contributed by atoms with E-state index < -0.39 is 11.9 Å². The van der Waals surface area contributed by atoms with Gasteiger partial charge in [-0.15, -0.1) is 11.3 Å². The average Bonchev–Trinajstić information content (AvgIpc) is 3.43. The van der Waals surface area contributed by atoms with Crippen molar-refractivity contribution in [1.29, 1.82) is 0 Å². The number of carbonyl (C=O) groups is 3. The molecule has 1 aliphatic rings. The van der Waals surface area contributed by atoms with Crippen LogP contribution in [-0.4, -0.2) is 58.5 Å². The van der Waals surface area contributed by atoms with Gasteiger partial charge in [0.2, 0.25) is 5.91 Å². The van der Waals surface area contributed by atoms with Gasteiger partial charge >= 0.3 is 6.03 Å². The molecule has 1 atom stereocenters. The zero-order valence-corrected chi connectivity index (χ0v) is 16.7. The molecule has 1 aromatic carbocycles. The van der Waals surface area contributed by atoms with E-state index in [4.69, 9.17) is 5.21 Å². The van der Waals surface area contributed by atoms with Crippen LogP contribution in [0, 0.1) is 0 Å². The van der Waals surface area contributed by atoms with Crippen molar-refractivity contribution in [3.63, 3.8) is 0 Å². The molecule has 4 amide bonds. The quantitative estimate of drug-likeness (QED) is 0.476. The summed E-state index contributed by atoms with van der Waals surface area (Å²) in [4.78, 5) is 41.6.